The molecule has 2 aliphatic heterocycles. The second-order valence-electron chi connectivity index (χ2n) is 6.19. The Morgan fingerprint density at radius 2 is 1.13 bits per heavy atom. The molecule has 10 nitrogen and oxygen atoms in total. The number of unbranched alkanes of at least 4 members (excludes halogenated alkanes) is 3. The smallest absolute Gasteiger partial charge is 0.346 e. The predicted molar refractivity (Wildman–Crippen MR) is 108 cm³/mol. The summed E-state index contributed by atoms with van der Waals surface area (Å²) in [6, 6.07) is 6.53. The van der Waals surface area contributed by atoms with Gasteiger partial charge in [-0.1, -0.05) is 25.0 Å². The molecule has 1 atom stereocenters. The molecule has 1 aromatic rings. The zero-order valence-corrected chi connectivity index (χ0v) is 17.2. The first kappa shape index (κ1) is 28.1. The van der Waals surface area contributed by atoms with Crippen molar-refractivity contribution in [1.82, 2.24) is 0 Å². The van der Waals surface area contributed by atoms with Crippen LogP contribution in [0.1, 0.15) is 53.3 Å². The molecule has 0 saturated carbocycles. The first-order chi connectivity index (χ1) is 14.8. The molecule has 0 saturated heterocycles. The molecule has 31 heavy (non-hydrogen) atoms. The molecular weight excluding hydrogens is 412 g/mol. The van der Waals surface area contributed by atoms with Gasteiger partial charge in [0.05, 0.1) is 23.8 Å². The van der Waals surface area contributed by atoms with Gasteiger partial charge in [-0.2, -0.15) is 0 Å². The monoisotopic (exact) mass is 440 g/mol. The second kappa shape index (κ2) is 16.8. The van der Waals surface area contributed by atoms with Crippen LogP contribution in [0.2, 0.25) is 0 Å². The number of hydrogen-bond acceptors (Lipinski definition) is 10. The quantitative estimate of drug-likeness (QED) is 0.278. The summed E-state index contributed by atoms with van der Waals surface area (Å²) in [5, 5.41) is 32.6. The Kier molecular flexibility index (Phi) is 15.2. The van der Waals surface area contributed by atoms with E-state index in [4.69, 9.17) is 20.4 Å². The van der Waals surface area contributed by atoms with Gasteiger partial charge in [-0.05, 0) is 31.9 Å². The predicted octanol–water partition coefficient (Wildman–Crippen LogP) is 0.514. The highest BCUT2D eigenvalue weighted by molar-refractivity contribution is 6.14. The molecule has 0 bridgehead atoms. The third-order valence-corrected chi connectivity index (χ3v) is 3.44. The van der Waals surface area contributed by atoms with Gasteiger partial charge >= 0.3 is 23.9 Å². The normalized spacial score (nSPS) is 14.1. The van der Waals surface area contributed by atoms with Crippen LogP contribution in [0.15, 0.2) is 36.4 Å². The molecule has 172 valence electrons. The van der Waals surface area contributed by atoms with Gasteiger partial charge in [-0.25, -0.2) is 19.2 Å². The molecule has 1 aromatic carbocycles. The molecule has 0 aliphatic carbocycles. The van der Waals surface area contributed by atoms with Crippen LogP contribution in [-0.4, -0.2) is 70.2 Å². The highest BCUT2D eigenvalue weighted by Gasteiger charge is 2.28. The summed E-state index contributed by atoms with van der Waals surface area (Å²) in [7, 11) is 0. The zero-order chi connectivity index (χ0) is 23.6. The largest absolute Gasteiger partial charge is 0.396 e. The average molecular weight is 440 g/mol. The molecule has 0 aromatic heterocycles. The van der Waals surface area contributed by atoms with E-state index in [1.54, 1.807) is 24.3 Å². The molecule has 0 spiro atoms. The molecule has 3 rings (SSSR count). The summed E-state index contributed by atoms with van der Waals surface area (Å²) >= 11 is 0. The van der Waals surface area contributed by atoms with Gasteiger partial charge < -0.3 is 29.9 Å². The Balaban J connectivity index is 0.000000405. The average Bonchev–Trinajstić information content (AvgIpc) is 3.28. The summed E-state index contributed by atoms with van der Waals surface area (Å²) in [6.07, 6.45) is 5.44. The standard InChI is InChI=1S/C8H4O3.C6H14O2.C4H2O3.C3H8O2/c9-7-5-3-1-2-4-6(5)8(10)11-7;7-5-3-1-2-4-6-8;5-3-1-2-4(6)7-3;1-3(5)2-4/h1-4H;7-8H,1-6H2;1-2H;3-5H,2H2,1H3. The lowest BCUT2D eigenvalue weighted by atomic mass is 10.1. The van der Waals surface area contributed by atoms with Crippen molar-refractivity contribution in [3.8, 4) is 0 Å². The first-order valence-electron chi connectivity index (χ1n) is 9.56. The topological polar surface area (TPSA) is 168 Å². The Labute approximate surface area is 179 Å². The molecule has 1 unspecified atom stereocenters. The Morgan fingerprint density at radius 1 is 0.742 bits per heavy atom. The Bertz CT molecular complexity index is 684. The zero-order valence-electron chi connectivity index (χ0n) is 17.2. The maximum absolute atomic E-state index is 10.8. The van der Waals surface area contributed by atoms with E-state index in [9.17, 15) is 19.2 Å². The summed E-state index contributed by atoms with van der Waals surface area (Å²) < 4.78 is 8.33. The van der Waals surface area contributed by atoms with Crippen LogP contribution < -0.4 is 0 Å². The van der Waals surface area contributed by atoms with Crippen LogP contribution >= 0.6 is 0 Å². The van der Waals surface area contributed by atoms with Gasteiger partial charge in [0.2, 0.25) is 0 Å². The van der Waals surface area contributed by atoms with Gasteiger partial charge in [-0.3, -0.25) is 0 Å². The minimum atomic E-state index is -0.579. The number of aliphatic hydroxyl groups is 4. The maximum atomic E-state index is 10.8. The number of aliphatic hydroxyl groups excluding tert-OH is 4. The summed E-state index contributed by atoms with van der Waals surface area (Å²) in [6.45, 7) is 1.96. The van der Waals surface area contributed by atoms with Crippen molar-refractivity contribution in [3.05, 3.63) is 47.5 Å². The molecular formula is C21H28O10. The van der Waals surface area contributed by atoms with Crippen molar-refractivity contribution in [3.63, 3.8) is 0 Å². The highest BCUT2D eigenvalue weighted by atomic mass is 16.6. The maximum Gasteiger partial charge on any atom is 0.346 e. The molecule has 2 heterocycles. The van der Waals surface area contributed by atoms with Crippen LogP contribution in [0.5, 0.6) is 0 Å². The number of cyclic esters (lactones) is 4. The van der Waals surface area contributed by atoms with E-state index in [1.807, 2.05) is 0 Å². The second-order valence-corrected chi connectivity index (χ2v) is 6.19. The minimum absolute atomic E-state index is 0.139. The van der Waals surface area contributed by atoms with Crippen LogP contribution in [0.25, 0.3) is 0 Å². The van der Waals surface area contributed by atoms with Crippen LogP contribution in [0.4, 0.5) is 0 Å². The van der Waals surface area contributed by atoms with Gasteiger partial charge in [0, 0.05) is 25.4 Å². The first-order valence-corrected chi connectivity index (χ1v) is 9.56. The lowest BCUT2D eigenvalue weighted by Crippen LogP contribution is -2.03. The van der Waals surface area contributed by atoms with E-state index in [-0.39, 0.29) is 19.8 Å². The highest BCUT2D eigenvalue weighted by Crippen LogP contribution is 2.18. The van der Waals surface area contributed by atoms with E-state index in [0.29, 0.717) is 11.1 Å². The SMILES string of the molecule is CC(O)CO.O=C1C=CC(=O)O1.O=C1OC(=O)c2ccccc21.OCCCCCCO. The molecule has 0 fully saturated rings. The number of ether oxygens (including phenoxy) is 2. The van der Waals surface area contributed by atoms with Crippen molar-refractivity contribution in [2.75, 3.05) is 19.8 Å². The lowest BCUT2D eigenvalue weighted by molar-refractivity contribution is -0.150. The number of esters is 4. The van der Waals surface area contributed by atoms with E-state index in [2.05, 4.69) is 9.47 Å². The van der Waals surface area contributed by atoms with Crippen LogP contribution in [0, 0.1) is 0 Å². The van der Waals surface area contributed by atoms with E-state index >= 15 is 0 Å². The van der Waals surface area contributed by atoms with Crippen molar-refractivity contribution in [2.45, 2.75) is 38.7 Å². The molecule has 0 radical (unpaired) electrons. The summed E-state index contributed by atoms with van der Waals surface area (Å²) in [4.78, 5) is 41.5. The van der Waals surface area contributed by atoms with Crippen molar-refractivity contribution in [2.24, 2.45) is 0 Å². The van der Waals surface area contributed by atoms with Crippen molar-refractivity contribution in [1.29, 1.82) is 0 Å². The number of benzene rings is 1. The third kappa shape index (κ3) is 13.1. The molecule has 0 amide bonds. The van der Waals surface area contributed by atoms with Gasteiger partial charge in [0.25, 0.3) is 0 Å². The van der Waals surface area contributed by atoms with Crippen molar-refractivity contribution >= 4 is 23.9 Å². The number of rotatable bonds is 6. The number of fused-ring (bicyclic) bond motifs is 1. The fraction of sp³-hybridized carbons (Fsp3) is 0.429. The fourth-order valence-corrected chi connectivity index (χ4v) is 1.91. The summed E-state index contributed by atoms with van der Waals surface area (Å²) in [5.74, 6) is -2.26. The molecule has 4 N–H and O–H groups in total. The van der Waals surface area contributed by atoms with Crippen LogP contribution in [0.3, 0.4) is 0 Å². The molecule has 2 aliphatic rings. The van der Waals surface area contributed by atoms with Gasteiger partial charge in [0.15, 0.2) is 0 Å². The van der Waals surface area contributed by atoms with E-state index in [0.717, 1.165) is 37.8 Å². The van der Waals surface area contributed by atoms with Crippen LogP contribution in [-0.2, 0) is 19.1 Å². The fourth-order valence-electron chi connectivity index (χ4n) is 1.91. The van der Waals surface area contributed by atoms with Crippen molar-refractivity contribution < 1.29 is 49.1 Å². The lowest BCUT2D eigenvalue weighted by Gasteiger charge is -1.93. The minimum Gasteiger partial charge on any atom is -0.396 e. The van der Waals surface area contributed by atoms with Gasteiger partial charge in [0.1, 0.15) is 0 Å². The summed E-state index contributed by atoms with van der Waals surface area (Å²) in [5.41, 5.74) is 0.718. The number of hydrogen-bond donors (Lipinski definition) is 4. The molecule has 10 heteroatoms. The van der Waals surface area contributed by atoms with E-state index < -0.39 is 30.0 Å². The van der Waals surface area contributed by atoms with Gasteiger partial charge in [-0.15, -0.1) is 0 Å². The Morgan fingerprint density at radius 3 is 1.39 bits per heavy atom. The number of carbonyl (C=O) groups is 4. The third-order valence-electron chi connectivity index (χ3n) is 3.44. The van der Waals surface area contributed by atoms with E-state index in [1.165, 1.54) is 6.92 Å². The Hall–Kier alpha value is -2.92. The number of carbonyl (C=O) groups excluding carboxylic acids is 4.